The van der Waals surface area contributed by atoms with Crippen molar-refractivity contribution in [2.45, 2.75) is 45.4 Å². The lowest BCUT2D eigenvalue weighted by atomic mass is 10.1. The number of nitrogens with one attached hydrogen (secondary N) is 1. The molecule has 0 radical (unpaired) electrons. The summed E-state index contributed by atoms with van der Waals surface area (Å²) in [6, 6.07) is 3.29. The maximum Gasteiger partial charge on any atom is 0.141 e. The van der Waals surface area contributed by atoms with E-state index in [0.29, 0.717) is 28.8 Å². The number of nitrogens with zero attached hydrogens (tertiary/aromatic N) is 1. The van der Waals surface area contributed by atoms with E-state index in [0.717, 1.165) is 19.5 Å². The molecule has 0 spiro atoms. The van der Waals surface area contributed by atoms with Crippen molar-refractivity contribution < 1.29 is 9.84 Å². The first kappa shape index (κ1) is 16.9. The van der Waals surface area contributed by atoms with Crippen LogP contribution in [0, 0.1) is 0 Å². The van der Waals surface area contributed by atoms with Crippen LogP contribution in [0.2, 0.25) is 5.02 Å². The van der Waals surface area contributed by atoms with Gasteiger partial charge in [-0.1, -0.05) is 50.6 Å². The van der Waals surface area contributed by atoms with Crippen molar-refractivity contribution in [2.24, 2.45) is 4.99 Å². The minimum atomic E-state index is 0.149. The van der Waals surface area contributed by atoms with Gasteiger partial charge in [-0.3, -0.25) is 4.99 Å². The predicted octanol–water partition coefficient (Wildman–Crippen LogP) is 4.13. The Morgan fingerprint density at radius 1 is 1.23 bits per heavy atom. The van der Waals surface area contributed by atoms with E-state index in [1.807, 2.05) is 0 Å². The SMILES string of the molecule is CCCCCCCCOc1cc(O)c(C2=NCCN2)cc1Cl. The number of aromatic hydroxyl groups is 1. The van der Waals surface area contributed by atoms with E-state index in [1.54, 1.807) is 12.1 Å². The van der Waals surface area contributed by atoms with Gasteiger partial charge in [0.2, 0.25) is 0 Å². The van der Waals surface area contributed by atoms with E-state index in [9.17, 15) is 5.11 Å². The molecule has 2 N–H and O–H groups in total. The molecule has 0 unspecified atom stereocenters. The van der Waals surface area contributed by atoms with Crippen molar-refractivity contribution in [3.05, 3.63) is 22.7 Å². The van der Waals surface area contributed by atoms with Crippen molar-refractivity contribution in [3.63, 3.8) is 0 Å². The maximum absolute atomic E-state index is 10.1. The molecule has 0 aliphatic carbocycles. The van der Waals surface area contributed by atoms with Crippen LogP contribution in [-0.4, -0.2) is 30.6 Å². The third kappa shape index (κ3) is 4.80. The van der Waals surface area contributed by atoms with Gasteiger partial charge < -0.3 is 15.2 Å². The van der Waals surface area contributed by atoms with Crippen molar-refractivity contribution in [3.8, 4) is 11.5 Å². The van der Waals surface area contributed by atoms with Gasteiger partial charge in [0.1, 0.15) is 17.3 Å². The lowest BCUT2D eigenvalue weighted by Crippen LogP contribution is -2.19. The number of unbranched alkanes of at least 4 members (excludes halogenated alkanes) is 5. The predicted molar refractivity (Wildman–Crippen MR) is 91.4 cm³/mol. The molecular formula is C17H25ClN2O2. The summed E-state index contributed by atoms with van der Waals surface area (Å²) >= 11 is 6.24. The number of hydrogen-bond donors (Lipinski definition) is 2. The molecule has 1 aromatic rings. The van der Waals surface area contributed by atoms with E-state index in [2.05, 4.69) is 17.2 Å². The highest BCUT2D eigenvalue weighted by molar-refractivity contribution is 6.32. The zero-order valence-corrected chi connectivity index (χ0v) is 14.0. The summed E-state index contributed by atoms with van der Waals surface area (Å²) < 4.78 is 5.69. The molecule has 0 aromatic heterocycles. The molecule has 2 rings (SSSR count). The fourth-order valence-electron chi connectivity index (χ4n) is 2.49. The highest BCUT2D eigenvalue weighted by Crippen LogP contribution is 2.32. The van der Waals surface area contributed by atoms with Gasteiger partial charge in [-0.25, -0.2) is 0 Å². The monoisotopic (exact) mass is 324 g/mol. The summed E-state index contributed by atoms with van der Waals surface area (Å²) in [5.74, 6) is 1.38. The van der Waals surface area contributed by atoms with Crippen LogP contribution in [0.3, 0.4) is 0 Å². The highest BCUT2D eigenvalue weighted by atomic mass is 35.5. The number of rotatable bonds is 9. The summed E-state index contributed by atoms with van der Waals surface area (Å²) in [6.07, 6.45) is 7.29. The van der Waals surface area contributed by atoms with Gasteiger partial charge in [0.15, 0.2) is 0 Å². The Balaban J connectivity index is 1.83. The fourth-order valence-corrected chi connectivity index (χ4v) is 2.70. The van der Waals surface area contributed by atoms with Crippen LogP contribution in [0.1, 0.15) is 51.0 Å². The van der Waals surface area contributed by atoms with E-state index < -0.39 is 0 Å². The lowest BCUT2D eigenvalue weighted by Gasteiger charge is -2.12. The summed E-state index contributed by atoms with van der Waals surface area (Å²) in [5, 5.41) is 13.8. The Hall–Kier alpha value is -1.42. The molecule has 122 valence electrons. The molecule has 1 aromatic carbocycles. The fraction of sp³-hybridized carbons (Fsp3) is 0.588. The quantitative estimate of drug-likeness (QED) is 0.671. The molecule has 22 heavy (non-hydrogen) atoms. The zero-order valence-electron chi connectivity index (χ0n) is 13.2. The number of amidine groups is 1. The summed E-state index contributed by atoms with van der Waals surface area (Å²) in [7, 11) is 0. The minimum Gasteiger partial charge on any atom is -0.507 e. The Kier molecular flexibility index (Phi) is 6.84. The molecular weight excluding hydrogens is 300 g/mol. The molecule has 0 saturated carbocycles. The molecule has 0 amide bonds. The standard InChI is InChI=1S/C17H25ClN2O2/c1-2-3-4-5-6-7-10-22-16-12-15(21)13(11-14(16)18)17-19-8-9-20-17/h11-12,21H,2-10H2,1H3,(H,19,20). The van der Waals surface area contributed by atoms with Gasteiger partial charge in [0, 0.05) is 12.6 Å². The summed E-state index contributed by atoms with van der Waals surface area (Å²) in [5.41, 5.74) is 0.634. The summed E-state index contributed by atoms with van der Waals surface area (Å²) in [6.45, 7) is 4.36. The van der Waals surface area contributed by atoms with Crippen LogP contribution >= 0.6 is 11.6 Å². The molecule has 0 atom stereocenters. The van der Waals surface area contributed by atoms with Crippen LogP contribution in [-0.2, 0) is 0 Å². The van der Waals surface area contributed by atoms with Crippen LogP contribution in [0.5, 0.6) is 11.5 Å². The van der Waals surface area contributed by atoms with Gasteiger partial charge in [-0.05, 0) is 12.5 Å². The van der Waals surface area contributed by atoms with Gasteiger partial charge >= 0.3 is 0 Å². The second kappa shape index (κ2) is 8.89. The number of hydrogen-bond acceptors (Lipinski definition) is 4. The van der Waals surface area contributed by atoms with Crippen molar-refractivity contribution >= 4 is 17.4 Å². The Morgan fingerprint density at radius 3 is 2.73 bits per heavy atom. The number of benzene rings is 1. The van der Waals surface area contributed by atoms with Crippen LogP contribution in [0.25, 0.3) is 0 Å². The minimum absolute atomic E-state index is 0.149. The Labute approximate surface area is 137 Å². The number of aliphatic imine (C=N–C) groups is 1. The smallest absolute Gasteiger partial charge is 0.141 e. The average molecular weight is 325 g/mol. The molecule has 5 heteroatoms. The maximum atomic E-state index is 10.1. The number of phenols is 1. The third-order valence-corrected chi connectivity index (χ3v) is 4.03. The first-order valence-corrected chi connectivity index (χ1v) is 8.54. The van der Waals surface area contributed by atoms with Gasteiger partial charge in [-0.2, -0.15) is 0 Å². The van der Waals surface area contributed by atoms with Crippen LogP contribution in [0.15, 0.2) is 17.1 Å². The molecule has 1 aliphatic heterocycles. The second-order valence-corrected chi connectivity index (χ2v) is 5.98. The average Bonchev–Trinajstić information content (AvgIpc) is 3.03. The normalized spacial score (nSPS) is 13.8. The number of ether oxygens (including phenoxy) is 1. The van der Waals surface area contributed by atoms with E-state index in [1.165, 1.54) is 32.1 Å². The largest absolute Gasteiger partial charge is 0.507 e. The Morgan fingerprint density at radius 2 is 2.00 bits per heavy atom. The molecule has 0 bridgehead atoms. The molecule has 0 fully saturated rings. The number of halogens is 1. The zero-order chi connectivity index (χ0) is 15.8. The second-order valence-electron chi connectivity index (χ2n) is 5.57. The summed E-state index contributed by atoms with van der Waals surface area (Å²) in [4.78, 5) is 4.29. The third-order valence-electron chi connectivity index (χ3n) is 3.73. The van der Waals surface area contributed by atoms with E-state index >= 15 is 0 Å². The topological polar surface area (TPSA) is 53.9 Å². The van der Waals surface area contributed by atoms with Crippen molar-refractivity contribution in [1.29, 1.82) is 0 Å². The lowest BCUT2D eigenvalue weighted by molar-refractivity contribution is 0.303. The van der Waals surface area contributed by atoms with E-state index in [-0.39, 0.29) is 5.75 Å². The van der Waals surface area contributed by atoms with E-state index in [4.69, 9.17) is 16.3 Å². The first-order valence-electron chi connectivity index (χ1n) is 8.16. The van der Waals surface area contributed by atoms with Gasteiger partial charge in [0.25, 0.3) is 0 Å². The highest BCUT2D eigenvalue weighted by Gasteiger charge is 2.16. The van der Waals surface area contributed by atoms with Crippen molar-refractivity contribution in [2.75, 3.05) is 19.7 Å². The Bertz CT molecular complexity index is 518. The van der Waals surface area contributed by atoms with Gasteiger partial charge in [-0.15, -0.1) is 0 Å². The molecule has 1 aliphatic rings. The van der Waals surface area contributed by atoms with Crippen LogP contribution < -0.4 is 10.1 Å². The molecule has 1 heterocycles. The first-order chi connectivity index (χ1) is 10.7. The van der Waals surface area contributed by atoms with Crippen molar-refractivity contribution in [1.82, 2.24) is 5.32 Å². The van der Waals surface area contributed by atoms with Gasteiger partial charge in [0.05, 0.1) is 23.7 Å². The number of phenolic OH excluding ortho intramolecular Hbond substituents is 1. The molecule has 4 nitrogen and oxygen atoms in total. The molecule has 0 saturated heterocycles. The van der Waals surface area contributed by atoms with Crippen LogP contribution in [0.4, 0.5) is 0 Å².